The molecule has 0 radical (unpaired) electrons. The summed E-state index contributed by atoms with van der Waals surface area (Å²) in [6, 6.07) is 6.69. The monoisotopic (exact) mass is 307 g/mol. The van der Waals surface area contributed by atoms with Gasteiger partial charge in [0.15, 0.2) is 0 Å². The summed E-state index contributed by atoms with van der Waals surface area (Å²) >= 11 is 0. The molecule has 2 N–H and O–H groups in total. The highest BCUT2D eigenvalue weighted by molar-refractivity contribution is 5.75. The molecule has 0 heterocycles. The Morgan fingerprint density at radius 3 is 2.41 bits per heavy atom. The summed E-state index contributed by atoms with van der Waals surface area (Å²) in [6.07, 6.45) is 2.63. The maximum atomic E-state index is 11.5. The zero-order chi connectivity index (χ0) is 16.4. The normalized spacial score (nSPS) is 11.8. The van der Waals surface area contributed by atoms with Gasteiger partial charge in [-0.25, -0.2) is 0 Å². The molecule has 5 nitrogen and oxygen atoms in total. The number of amides is 1. The van der Waals surface area contributed by atoms with E-state index < -0.39 is 6.10 Å². The molecule has 1 amide bonds. The molecule has 0 aliphatic heterocycles. The van der Waals surface area contributed by atoms with E-state index in [1.165, 1.54) is 0 Å². The molecule has 1 unspecified atom stereocenters. The van der Waals surface area contributed by atoms with E-state index in [2.05, 4.69) is 5.32 Å². The number of aliphatic hydroxyl groups excluding tert-OH is 1. The van der Waals surface area contributed by atoms with E-state index in [1.54, 1.807) is 24.3 Å². The molecule has 0 fully saturated rings. The molecule has 122 valence electrons. The van der Waals surface area contributed by atoms with E-state index in [9.17, 15) is 14.7 Å². The molecule has 0 aliphatic rings. The highest BCUT2D eigenvalue weighted by atomic mass is 16.5. The lowest BCUT2D eigenvalue weighted by atomic mass is 10.1. The number of esters is 1. The summed E-state index contributed by atoms with van der Waals surface area (Å²) < 4.78 is 5.19. The van der Waals surface area contributed by atoms with Crippen molar-refractivity contribution in [2.24, 2.45) is 0 Å². The molecule has 0 saturated heterocycles. The number of hydrogen-bond donors (Lipinski definition) is 2. The average Bonchev–Trinajstić information content (AvgIpc) is 2.51. The van der Waals surface area contributed by atoms with Crippen LogP contribution in [0.4, 0.5) is 0 Å². The van der Waals surface area contributed by atoms with Gasteiger partial charge in [-0.15, -0.1) is 0 Å². The van der Waals surface area contributed by atoms with E-state index in [-0.39, 0.29) is 18.4 Å². The Balaban J connectivity index is 2.46. The highest BCUT2D eigenvalue weighted by Gasteiger charge is 2.10. The van der Waals surface area contributed by atoms with Crippen molar-refractivity contribution < 1.29 is 19.4 Å². The van der Waals surface area contributed by atoms with Crippen molar-refractivity contribution in [3.8, 4) is 5.75 Å². The number of carbonyl (C=O) groups is 2. The van der Waals surface area contributed by atoms with Crippen LogP contribution in [-0.2, 0) is 9.59 Å². The van der Waals surface area contributed by atoms with Crippen molar-refractivity contribution in [1.82, 2.24) is 5.32 Å². The molecule has 0 aliphatic carbocycles. The number of rotatable bonds is 9. The van der Waals surface area contributed by atoms with Crippen LogP contribution in [0.2, 0.25) is 0 Å². The first-order chi connectivity index (χ1) is 10.6. The summed E-state index contributed by atoms with van der Waals surface area (Å²) in [5.41, 5.74) is 0.671. The van der Waals surface area contributed by atoms with Crippen molar-refractivity contribution in [2.75, 3.05) is 6.54 Å². The molecule has 0 saturated carbocycles. The van der Waals surface area contributed by atoms with E-state index >= 15 is 0 Å². The molecule has 0 spiro atoms. The van der Waals surface area contributed by atoms with Gasteiger partial charge in [0.25, 0.3) is 0 Å². The summed E-state index contributed by atoms with van der Waals surface area (Å²) in [7, 11) is 0. The fourth-order valence-electron chi connectivity index (χ4n) is 1.91. The Morgan fingerprint density at radius 1 is 1.14 bits per heavy atom. The van der Waals surface area contributed by atoms with Gasteiger partial charge in [0.1, 0.15) is 5.75 Å². The Labute approximate surface area is 131 Å². The van der Waals surface area contributed by atoms with Crippen molar-refractivity contribution in [2.45, 2.75) is 52.1 Å². The number of aliphatic hydroxyl groups is 1. The third-order valence-corrected chi connectivity index (χ3v) is 3.20. The number of benzene rings is 1. The van der Waals surface area contributed by atoms with E-state index in [4.69, 9.17) is 4.74 Å². The minimum Gasteiger partial charge on any atom is -0.427 e. The van der Waals surface area contributed by atoms with Crippen LogP contribution in [-0.4, -0.2) is 23.5 Å². The number of ether oxygens (including phenoxy) is 1. The van der Waals surface area contributed by atoms with Crippen LogP contribution in [0.15, 0.2) is 24.3 Å². The molecule has 0 aromatic heterocycles. The molecule has 22 heavy (non-hydrogen) atoms. The summed E-state index contributed by atoms with van der Waals surface area (Å²) in [5, 5.41) is 12.7. The van der Waals surface area contributed by atoms with Crippen LogP contribution in [0.3, 0.4) is 0 Å². The SMILES string of the molecule is CCCCC(=O)Oc1ccc(C(O)CNC(=O)CCC)cc1. The Bertz CT molecular complexity index is 470. The molecule has 5 heteroatoms. The lowest BCUT2D eigenvalue weighted by molar-refractivity contribution is -0.134. The lowest BCUT2D eigenvalue weighted by Crippen LogP contribution is -2.27. The van der Waals surface area contributed by atoms with Crippen LogP contribution in [0.25, 0.3) is 0 Å². The predicted octanol–water partition coefficient (Wildman–Crippen LogP) is 2.73. The minimum atomic E-state index is -0.773. The molecule has 0 bridgehead atoms. The van der Waals surface area contributed by atoms with Gasteiger partial charge in [0, 0.05) is 19.4 Å². The maximum Gasteiger partial charge on any atom is 0.311 e. The van der Waals surface area contributed by atoms with E-state index in [1.807, 2.05) is 13.8 Å². The third kappa shape index (κ3) is 6.72. The molecule has 1 aromatic carbocycles. The van der Waals surface area contributed by atoms with Crippen LogP contribution >= 0.6 is 0 Å². The second kappa shape index (κ2) is 9.95. The van der Waals surface area contributed by atoms with E-state index in [0.717, 1.165) is 19.3 Å². The van der Waals surface area contributed by atoms with Gasteiger partial charge in [-0.05, 0) is 30.5 Å². The first-order valence-corrected chi connectivity index (χ1v) is 7.82. The Hall–Kier alpha value is -1.88. The Kier molecular flexibility index (Phi) is 8.22. The zero-order valence-electron chi connectivity index (χ0n) is 13.3. The third-order valence-electron chi connectivity index (χ3n) is 3.20. The van der Waals surface area contributed by atoms with Gasteiger partial charge in [-0.3, -0.25) is 9.59 Å². The fourth-order valence-corrected chi connectivity index (χ4v) is 1.91. The van der Waals surface area contributed by atoms with Crippen molar-refractivity contribution in [3.05, 3.63) is 29.8 Å². The first kappa shape index (κ1) is 18.2. The predicted molar refractivity (Wildman–Crippen MR) is 84.5 cm³/mol. The second-order valence-electron chi connectivity index (χ2n) is 5.22. The smallest absolute Gasteiger partial charge is 0.311 e. The molecular formula is C17H25NO4. The van der Waals surface area contributed by atoms with Crippen LogP contribution < -0.4 is 10.1 Å². The highest BCUT2D eigenvalue weighted by Crippen LogP contribution is 2.18. The van der Waals surface area contributed by atoms with Gasteiger partial charge in [-0.1, -0.05) is 32.4 Å². The molecular weight excluding hydrogens is 282 g/mol. The van der Waals surface area contributed by atoms with Gasteiger partial charge in [-0.2, -0.15) is 0 Å². The van der Waals surface area contributed by atoms with Gasteiger partial charge < -0.3 is 15.2 Å². The van der Waals surface area contributed by atoms with Crippen molar-refractivity contribution >= 4 is 11.9 Å². The average molecular weight is 307 g/mol. The van der Waals surface area contributed by atoms with E-state index in [0.29, 0.717) is 24.2 Å². The summed E-state index contributed by atoms with van der Waals surface area (Å²) in [4.78, 5) is 22.9. The second-order valence-corrected chi connectivity index (χ2v) is 5.22. The maximum absolute atomic E-state index is 11.5. The summed E-state index contributed by atoms with van der Waals surface area (Å²) in [5.74, 6) is 0.150. The largest absolute Gasteiger partial charge is 0.427 e. The molecule has 1 rings (SSSR count). The first-order valence-electron chi connectivity index (χ1n) is 7.82. The fraction of sp³-hybridized carbons (Fsp3) is 0.529. The quantitative estimate of drug-likeness (QED) is 0.543. The standard InChI is InChI=1S/C17H25NO4/c1-3-5-7-17(21)22-14-10-8-13(9-11-14)15(19)12-18-16(20)6-4-2/h8-11,15,19H,3-7,12H2,1-2H3,(H,18,20). The van der Waals surface area contributed by atoms with Gasteiger partial charge in [0.2, 0.25) is 5.91 Å². The summed E-state index contributed by atoms with van der Waals surface area (Å²) in [6.45, 7) is 4.12. The molecule has 1 aromatic rings. The Morgan fingerprint density at radius 2 is 1.82 bits per heavy atom. The molecule has 1 atom stereocenters. The topological polar surface area (TPSA) is 75.6 Å². The van der Waals surface area contributed by atoms with Gasteiger partial charge >= 0.3 is 5.97 Å². The van der Waals surface area contributed by atoms with Gasteiger partial charge in [0.05, 0.1) is 6.10 Å². The zero-order valence-corrected chi connectivity index (χ0v) is 13.3. The lowest BCUT2D eigenvalue weighted by Gasteiger charge is -2.13. The number of hydrogen-bond acceptors (Lipinski definition) is 4. The van der Waals surface area contributed by atoms with Crippen LogP contribution in [0.1, 0.15) is 57.6 Å². The minimum absolute atomic E-state index is 0.0666. The number of unbranched alkanes of at least 4 members (excludes halogenated alkanes) is 1. The van der Waals surface area contributed by atoms with Crippen LogP contribution in [0, 0.1) is 0 Å². The number of nitrogens with one attached hydrogen (secondary N) is 1. The van der Waals surface area contributed by atoms with Crippen LogP contribution in [0.5, 0.6) is 5.75 Å². The number of carbonyl (C=O) groups excluding carboxylic acids is 2. The van der Waals surface area contributed by atoms with Crippen molar-refractivity contribution in [3.63, 3.8) is 0 Å². The van der Waals surface area contributed by atoms with Crippen molar-refractivity contribution in [1.29, 1.82) is 0 Å².